The van der Waals surface area contributed by atoms with E-state index in [0.717, 1.165) is 20.8 Å². The molecule has 0 saturated carbocycles. The third-order valence-electron chi connectivity index (χ3n) is 5.30. The van der Waals surface area contributed by atoms with E-state index >= 15 is 0 Å². The monoisotopic (exact) mass is 423 g/mol. The molecule has 2 atom stereocenters. The molecule has 158 valence electrons. The Hall–Kier alpha value is -2.73. The van der Waals surface area contributed by atoms with Gasteiger partial charge in [0.2, 0.25) is 5.91 Å². The zero-order chi connectivity index (χ0) is 21.8. The summed E-state index contributed by atoms with van der Waals surface area (Å²) in [6.45, 7) is 7.98. The number of hydrogen-bond donors (Lipinski definition) is 1. The van der Waals surface area contributed by atoms with Crippen LogP contribution < -0.4 is 5.32 Å². The molecular formula is C24H29N3O2S. The van der Waals surface area contributed by atoms with Crippen molar-refractivity contribution in [3.8, 4) is 0 Å². The molecule has 0 saturated heterocycles. The van der Waals surface area contributed by atoms with E-state index in [1.807, 2.05) is 56.3 Å². The lowest BCUT2D eigenvalue weighted by molar-refractivity contribution is -0.134. The molecule has 30 heavy (non-hydrogen) atoms. The van der Waals surface area contributed by atoms with Crippen molar-refractivity contribution in [1.82, 2.24) is 15.2 Å². The molecule has 6 heteroatoms. The number of nitrogens with zero attached hydrogens (tertiary/aromatic N) is 2. The lowest BCUT2D eigenvalue weighted by Crippen LogP contribution is -2.48. The Kier molecular flexibility index (Phi) is 6.87. The van der Waals surface area contributed by atoms with Crippen molar-refractivity contribution in [3.05, 3.63) is 64.7 Å². The van der Waals surface area contributed by atoms with Gasteiger partial charge in [-0.05, 0) is 49.9 Å². The summed E-state index contributed by atoms with van der Waals surface area (Å²) in [4.78, 5) is 32.6. The predicted molar refractivity (Wildman–Crippen MR) is 123 cm³/mol. The van der Waals surface area contributed by atoms with Crippen LogP contribution in [0.1, 0.15) is 54.2 Å². The Bertz CT molecular complexity index is 1010. The molecule has 0 aliphatic carbocycles. The number of nitrogens with one attached hydrogen (secondary N) is 1. The quantitative estimate of drug-likeness (QED) is 0.584. The fraction of sp³-hybridized carbons (Fsp3) is 0.375. The summed E-state index contributed by atoms with van der Waals surface area (Å²) in [6.07, 6.45) is 0.577. The lowest BCUT2D eigenvalue weighted by atomic mass is 10.0. The molecule has 2 amide bonds. The fourth-order valence-corrected chi connectivity index (χ4v) is 4.49. The summed E-state index contributed by atoms with van der Waals surface area (Å²) < 4.78 is 1.10. The first kappa shape index (κ1) is 22.0. The first-order valence-corrected chi connectivity index (χ1v) is 11.1. The molecule has 1 heterocycles. The van der Waals surface area contributed by atoms with Gasteiger partial charge in [-0.15, -0.1) is 11.3 Å². The second kappa shape index (κ2) is 9.39. The summed E-state index contributed by atoms with van der Waals surface area (Å²) in [5.41, 5.74) is 2.43. The predicted octanol–water partition coefficient (Wildman–Crippen LogP) is 4.97. The van der Waals surface area contributed by atoms with Gasteiger partial charge >= 0.3 is 0 Å². The Balaban J connectivity index is 1.79. The highest BCUT2D eigenvalue weighted by molar-refractivity contribution is 7.18. The number of amides is 2. The smallest absolute Gasteiger partial charge is 0.252 e. The number of carbonyl (C=O) groups is 2. The van der Waals surface area contributed by atoms with Crippen LogP contribution >= 0.6 is 11.3 Å². The van der Waals surface area contributed by atoms with E-state index in [0.29, 0.717) is 12.0 Å². The van der Waals surface area contributed by atoms with Crippen LogP contribution in [0.3, 0.4) is 0 Å². The number of thiazole rings is 1. The molecule has 5 nitrogen and oxygen atoms in total. The molecule has 2 aromatic carbocycles. The van der Waals surface area contributed by atoms with E-state index < -0.39 is 6.04 Å². The van der Waals surface area contributed by atoms with Gasteiger partial charge in [0.05, 0.1) is 16.3 Å². The normalized spacial score (nSPS) is 13.3. The van der Waals surface area contributed by atoms with Crippen LogP contribution in [0.25, 0.3) is 10.2 Å². The van der Waals surface area contributed by atoms with E-state index in [9.17, 15) is 9.59 Å². The maximum atomic E-state index is 13.3. The second-order valence-electron chi connectivity index (χ2n) is 8.12. The van der Waals surface area contributed by atoms with Crippen molar-refractivity contribution >= 4 is 33.4 Å². The molecule has 0 spiro atoms. The minimum atomic E-state index is -0.584. The van der Waals surface area contributed by atoms with Crippen LogP contribution in [0, 0.1) is 12.8 Å². The molecule has 0 aliphatic heterocycles. The molecule has 3 rings (SSSR count). The van der Waals surface area contributed by atoms with Crippen LogP contribution in [0.5, 0.6) is 0 Å². The van der Waals surface area contributed by atoms with Crippen molar-refractivity contribution in [1.29, 1.82) is 0 Å². The highest BCUT2D eigenvalue weighted by Gasteiger charge is 2.29. The number of carbonyl (C=O) groups excluding carboxylic acids is 2. The van der Waals surface area contributed by atoms with Crippen LogP contribution in [0.2, 0.25) is 0 Å². The highest BCUT2D eigenvalue weighted by Crippen LogP contribution is 2.29. The van der Waals surface area contributed by atoms with Crippen LogP contribution in [-0.2, 0) is 4.79 Å². The van der Waals surface area contributed by atoms with Crippen molar-refractivity contribution in [2.45, 2.75) is 46.2 Å². The average molecular weight is 424 g/mol. The number of aromatic nitrogens is 1. The number of benzene rings is 2. The Morgan fingerprint density at radius 2 is 1.73 bits per heavy atom. The molecule has 0 bridgehead atoms. The Labute approximate surface area is 182 Å². The number of rotatable bonds is 7. The van der Waals surface area contributed by atoms with Gasteiger partial charge in [-0.3, -0.25) is 9.59 Å². The zero-order valence-electron chi connectivity index (χ0n) is 18.2. The third-order valence-corrected chi connectivity index (χ3v) is 6.50. The standard InChI is InChI=1S/C24H29N3O2S/c1-15(2)14-20(25-22(28)18-11-7-6-10-16(18)3)24(29)27(5)17(4)23-26-19-12-8-9-13-21(19)30-23/h6-13,15,17,20H,14H2,1-5H3,(H,25,28)/t17-,20+/m1/s1. The van der Waals surface area contributed by atoms with E-state index in [4.69, 9.17) is 4.98 Å². The topological polar surface area (TPSA) is 62.3 Å². The van der Waals surface area contributed by atoms with Gasteiger partial charge < -0.3 is 10.2 Å². The van der Waals surface area contributed by atoms with Crippen molar-refractivity contribution in [2.24, 2.45) is 5.92 Å². The summed E-state index contributed by atoms with van der Waals surface area (Å²) in [5, 5.41) is 3.86. The average Bonchev–Trinajstić information content (AvgIpc) is 3.15. The lowest BCUT2D eigenvalue weighted by Gasteiger charge is -2.29. The number of likely N-dealkylation sites (N-methyl/N-ethyl adjacent to an activating group) is 1. The molecule has 3 aromatic rings. The SMILES string of the molecule is Cc1ccccc1C(=O)N[C@@H](CC(C)C)C(=O)N(C)[C@H](C)c1nc2ccccc2s1. The van der Waals surface area contributed by atoms with E-state index in [1.165, 1.54) is 0 Å². The zero-order valence-corrected chi connectivity index (χ0v) is 19.0. The number of fused-ring (bicyclic) bond motifs is 1. The summed E-state index contributed by atoms with van der Waals surface area (Å²) in [5.74, 6) is -0.0483. The molecule has 1 aromatic heterocycles. The van der Waals surface area contributed by atoms with Gasteiger partial charge in [-0.25, -0.2) is 4.98 Å². The largest absolute Gasteiger partial charge is 0.340 e. The molecule has 0 radical (unpaired) electrons. The molecule has 1 N–H and O–H groups in total. The minimum Gasteiger partial charge on any atom is -0.340 e. The second-order valence-corrected chi connectivity index (χ2v) is 9.18. The Morgan fingerprint density at radius 1 is 1.07 bits per heavy atom. The van der Waals surface area contributed by atoms with Gasteiger partial charge in [0.25, 0.3) is 5.91 Å². The van der Waals surface area contributed by atoms with Crippen molar-refractivity contribution in [2.75, 3.05) is 7.05 Å². The van der Waals surface area contributed by atoms with Gasteiger partial charge in [-0.2, -0.15) is 0 Å². The fourth-order valence-electron chi connectivity index (χ4n) is 3.43. The van der Waals surface area contributed by atoms with Gasteiger partial charge in [0.1, 0.15) is 11.0 Å². The molecule has 0 fully saturated rings. The first-order valence-electron chi connectivity index (χ1n) is 10.3. The first-order chi connectivity index (χ1) is 14.3. The van der Waals surface area contributed by atoms with Crippen LogP contribution in [-0.4, -0.2) is 34.8 Å². The number of aryl methyl sites for hydroxylation is 1. The van der Waals surface area contributed by atoms with Crippen molar-refractivity contribution in [3.63, 3.8) is 0 Å². The van der Waals surface area contributed by atoms with Gasteiger partial charge in [0, 0.05) is 12.6 Å². The minimum absolute atomic E-state index is 0.0996. The molecule has 0 aliphatic rings. The maximum Gasteiger partial charge on any atom is 0.252 e. The van der Waals surface area contributed by atoms with Crippen LogP contribution in [0.4, 0.5) is 0 Å². The number of hydrogen-bond acceptors (Lipinski definition) is 4. The Morgan fingerprint density at radius 3 is 2.40 bits per heavy atom. The highest BCUT2D eigenvalue weighted by atomic mass is 32.1. The number of para-hydroxylation sites is 1. The van der Waals surface area contributed by atoms with Gasteiger partial charge in [-0.1, -0.05) is 44.2 Å². The van der Waals surface area contributed by atoms with Gasteiger partial charge in [0.15, 0.2) is 0 Å². The van der Waals surface area contributed by atoms with E-state index in [1.54, 1.807) is 29.4 Å². The van der Waals surface area contributed by atoms with E-state index in [-0.39, 0.29) is 23.8 Å². The van der Waals surface area contributed by atoms with E-state index in [2.05, 4.69) is 19.2 Å². The summed E-state index contributed by atoms with van der Waals surface area (Å²) in [7, 11) is 1.78. The summed E-state index contributed by atoms with van der Waals surface area (Å²) in [6, 6.07) is 14.6. The van der Waals surface area contributed by atoms with Crippen LogP contribution in [0.15, 0.2) is 48.5 Å². The molecular weight excluding hydrogens is 394 g/mol. The third kappa shape index (κ3) is 4.87. The maximum absolute atomic E-state index is 13.3. The summed E-state index contributed by atoms with van der Waals surface area (Å²) >= 11 is 1.60. The van der Waals surface area contributed by atoms with Crippen molar-refractivity contribution < 1.29 is 9.59 Å². The molecule has 0 unspecified atom stereocenters.